The zero-order valence-corrected chi connectivity index (χ0v) is 28.5. The molecule has 10 nitrogen and oxygen atoms in total. The second-order valence-electron chi connectivity index (χ2n) is 14.0. The van der Waals surface area contributed by atoms with E-state index in [9.17, 15) is 23.9 Å². The topological polar surface area (TPSA) is 109 Å². The van der Waals surface area contributed by atoms with Crippen LogP contribution in [0.15, 0.2) is 60.7 Å². The summed E-state index contributed by atoms with van der Waals surface area (Å²) in [5, 5.41) is 10.8. The first-order valence-electron chi connectivity index (χ1n) is 16.9. The van der Waals surface area contributed by atoms with Crippen molar-refractivity contribution in [1.82, 2.24) is 4.90 Å². The van der Waals surface area contributed by atoms with Gasteiger partial charge in [-0.2, -0.15) is 0 Å². The summed E-state index contributed by atoms with van der Waals surface area (Å²) in [7, 11) is 1.62. The third kappa shape index (κ3) is 7.67. The van der Waals surface area contributed by atoms with E-state index in [0.29, 0.717) is 66.4 Å². The fraction of sp³-hybridized carbons (Fsp3) is 0.447. The van der Waals surface area contributed by atoms with Crippen LogP contribution in [0.5, 0.6) is 11.5 Å². The molecule has 3 aromatic rings. The molecule has 2 heterocycles. The van der Waals surface area contributed by atoms with Crippen LogP contribution in [0.1, 0.15) is 57.9 Å². The summed E-state index contributed by atoms with van der Waals surface area (Å²) in [6.07, 6.45) is 2.19. The molecular weight excluding hydrogens is 629 g/mol. The second kappa shape index (κ2) is 14.1. The maximum atomic E-state index is 14.9. The van der Waals surface area contributed by atoms with Crippen molar-refractivity contribution in [3.63, 3.8) is 0 Å². The van der Waals surface area contributed by atoms with Gasteiger partial charge in [-0.1, -0.05) is 24.3 Å². The van der Waals surface area contributed by atoms with Gasteiger partial charge in [0.1, 0.15) is 22.9 Å². The number of fused-ring (bicyclic) bond motifs is 1. The Hall–Kier alpha value is -4.64. The number of hydrogen-bond acceptors (Lipinski definition) is 7. The van der Waals surface area contributed by atoms with Gasteiger partial charge in [0, 0.05) is 50.6 Å². The van der Waals surface area contributed by atoms with E-state index in [4.69, 9.17) is 14.2 Å². The lowest BCUT2D eigenvalue weighted by atomic mass is 9.78. The predicted molar refractivity (Wildman–Crippen MR) is 183 cm³/mol. The number of carbonyl (C=O) groups excluding carboxylic acids is 3. The third-order valence-electron chi connectivity index (χ3n) is 9.18. The van der Waals surface area contributed by atoms with E-state index in [1.54, 1.807) is 72.9 Å². The lowest BCUT2D eigenvalue weighted by Gasteiger charge is -2.41. The molecule has 3 aliphatic rings. The Morgan fingerprint density at radius 1 is 1.06 bits per heavy atom. The zero-order valence-electron chi connectivity index (χ0n) is 28.5. The molecule has 2 aliphatic heterocycles. The standard InChI is InChI=1S/C38H44FN3O7/c1-38(2,3)49-37(46)40-16-14-29(24-18-25(20-28(43)19-24)30-8-5-6-9-32(30)39)31(22-40)36(45)42(26-10-11-26)27-12-13-34-33(21-27)41(15-7-17-47-4)35(44)23-48-34/h5-6,8-9,12-13,18-21,26,29,31,43H,7,10-11,14-17,22-23H2,1-4H3/t29-,31?/m1/s1. The van der Waals surface area contributed by atoms with E-state index in [1.165, 1.54) is 12.1 Å². The molecule has 1 unspecified atom stereocenters. The van der Waals surface area contributed by atoms with Gasteiger partial charge in [-0.3, -0.25) is 9.59 Å². The average molecular weight is 674 g/mol. The smallest absolute Gasteiger partial charge is 0.410 e. The Bertz CT molecular complexity index is 1720. The molecule has 11 heteroatoms. The van der Waals surface area contributed by atoms with E-state index in [2.05, 4.69) is 0 Å². The van der Waals surface area contributed by atoms with Gasteiger partial charge >= 0.3 is 6.09 Å². The molecule has 1 saturated carbocycles. The Balaban J connectivity index is 1.37. The van der Waals surface area contributed by atoms with Crippen LogP contribution < -0.4 is 14.5 Å². The van der Waals surface area contributed by atoms with Crippen LogP contribution in [0.4, 0.5) is 20.6 Å². The van der Waals surface area contributed by atoms with Gasteiger partial charge in [0.05, 0.1) is 11.6 Å². The number of carbonyl (C=O) groups is 3. The number of nitrogens with zero attached hydrogens (tertiary/aromatic N) is 3. The van der Waals surface area contributed by atoms with E-state index in [-0.39, 0.29) is 36.8 Å². The molecule has 0 radical (unpaired) electrons. The first kappa shape index (κ1) is 34.2. The summed E-state index contributed by atoms with van der Waals surface area (Å²) >= 11 is 0. The number of likely N-dealkylation sites (tertiary alicyclic amines) is 1. The number of piperidine rings is 1. The van der Waals surface area contributed by atoms with E-state index >= 15 is 0 Å². The highest BCUT2D eigenvalue weighted by molar-refractivity contribution is 6.01. The fourth-order valence-electron chi connectivity index (χ4n) is 6.77. The molecule has 260 valence electrons. The van der Waals surface area contributed by atoms with Gasteiger partial charge in [-0.05, 0) is 99.9 Å². The van der Waals surface area contributed by atoms with Gasteiger partial charge < -0.3 is 34.0 Å². The first-order chi connectivity index (χ1) is 23.4. The summed E-state index contributed by atoms with van der Waals surface area (Å²) in [6.45, 7) is 6.72. The summed E-state index contributed by atoms with van der Waals surface area (Å²) in [5.41, 5.74) is 2.05. The number of aromatic hydroxyl groups is 1. The largest absolute Gasteiger partial charge is 0.508 e. The van der Waals surface area contributed by atoms with Crippen molar-refractivity contribution in [2.45, 2.75) is 64.0 Å². The highest BCUT2D eigenvalue weighted by Gasteiger charge is 2.44. The third-order valence-corrected chi connectivity index (χ3v) is 9.18. The summed E-state index contributed by atoms with van der Waals surface area (Å²) in [6, 6.07) is 16.7. The molecular formula is C38H44FN3O7. The van der Waals surface area contributed by atoms with Crippen LogP contribution in [0.3, 0.4) is 0 Å². The molecule has 2 fully saturated rings. The summed E-state index contributed by atoms with van der Waals surface area (Å²) in [4.78, 5) is 46.2. The van der Waals surface area contributed by atoms with Crippen LogP contribution in [0, 0.1) is 11.7 Å². The number of ether oxygens (including phenoxy) is 3. The lowest BCUT2D eigenvalue weighted by molar-refractivity contribution is -0.124. The number of phenolic OH excluding ortho intramolecular Hbond substituents is 1. The molecule has 1 N–H and O–H groups in total. The highest BCUT2D eigenvalue weighted by Crippen LogP contribution is 2.44. The SMILES string of the molecule is COCCCN1C(=O)COc2ccc(N(C(=O)C3CN(C(=O)OC(C)(C)C)CC[C@@H]3c3cc(O)cc(-c4ccccc4F)c3)C3CC3)cc21. The lowest BCUT2D eigenvalue weighted by Crippen LogP contribution is -2.51. The summed E-state index contributed by atoms with van der Waals surface area (Å²) in [5.74, 6) is -1.33. The Kier molecular flexibility index (Phi) is 9.83. The van der Waals surface area contributed by atoms with Crippen molar-refractivity contribution in [2.24, 2.45) is 5.92 Å². The monoisotopic (exact) mass is 673 g/mol. The van der Waals surface area contributed by atoms with Crippen LogP contribution in [0.25, 0.3) is 11.1 Å². The number of rotatable bonds is 9. The zero-order chi connectivity index (χ0) is 34.9. The number of phenols is 1. The van der Waals surface area contributed by atoms with Crippen LogP contribution >= 0.6 is 0 Å². The minimum atomic E-state index is -0.717. The van der Waals surface area contributed by atoms with E-state index < -0.39 is 29.3 Å². The minimum Gasteiger partial charge on any atom is -0.508 e. The number of benzene rings is 3. The van der Waals surface area contributed by atoms with E-state index in [0.717, 1.165) is 12.8 Å². The molecule has 0 spiro atoms. The Morgan fingerprint density at radius 2 is 1.84 bits per heavy atom. The molecule has 6 rings (SSSR count). The van der Waals surface area contributed by atoms with Crippen molar-refractivity contribution in [2.75, 3.05) is 49.8 Å². The maximum absolute atomic E-state index is 14.9. The van der Waals surface area contributed by atoms with Crippen molar-refractivity contribution >= 4 is 29.3 Å². The normalized spacial score (nSPS) is 19.2. The Morgan fingerprint density at radius 3 is 2.55 bits per heavy atom. The number of anilines is 2. The van der Waals surface area contributed by atoms with Crippen LogP contribution in [0.2, 0.25) is 0 Å². The average Bonchev–Trinajstić information content (AvgIpc) is 3.90. The van der Waals surface area contributed by atoms with Gasteiger partial charge in [-0.25, -0.2) is 9.18 Å². The molecule has 1 aliphatic carbocycles. The fourth-order valence-corrected chi connectivity index (χ4v) is 6.77. The molecule has 3 aromatic carbocycles. The quantitative estimate of drug-likeness (QED) is 0.259. The molecule has 0 bridgehead atoms. The number of methoxy groups -OCH3 is 1. The van der Waals surface area contributed by atoms with Gasteiger partial charge in [0.15, 0.2) is 6.61 Å². The first-order valence-corrected chi connectivity index (χ1v) is 16.9. The number of halogens is 1. The van der Waals surface area contributed by atoms with Crippen LogP contribution in [-0.4, -0.2) is 79.5 Å². The van der Waals surface area contributed by atoms with Crippen molar-refractivity contribution in [3.05, 3.63) is 72.0 Å². The van der Waals surface area contributed by atoms with Crippen LogP contribution in [-0.2, 0) is 19.1 Å². The molecule has 3 amide bonds. The second-order valence-corrected chi connectivity index (χ2v) is 14.0. The minimum absolute atomic E-state index is 0.0384. The molecule has 49 heavy (non-hydrogen) atoms. The molecule has 1 saturated heterocycles. The number of amides is 3. The maximum Gasteiger partial charge on any atom is 0.410 e. The predicted octanol–water partition coefficient (Wildman–Crippen LogP) is 6.50. The van der Waals surface area contributed by atoms with Crippen molar-refractivity contribution in [1.29, 1.82) is 0 Å². The van der Waals surface area contributed by atoms with Crippen molar-refractivity contribution in [3.8, 4) is 22.6 Å². The molecule has 2 atom stereocenters. The van der Waals surface area contributed by atoms with Gasteiger partial charge in [0.2, 0.25) is 5.91 Å². The summed E-state index contributed by atoms with van der Waals surface area (Å²) < 4.78 is 31.5. The van der Waals surface area contributed by atoms with Gasteiger partial charge in [0.25, 0.3) is 5.91 Å². The van der Waals surface area contributed by atoms with Crippen molar-refractivity contribution < 1.29 is 38.1 Å². The number of hydrogen-bond donors (Lipinski definition) is 1. The van der Waals surface area contributed by atoms with E-state index in [1.807, 2.05) is 18.2 Å². The Labute approximate surface area is 286 Å². The molecule has 0 aromatic heterocycles. The van der Waals surface area contributed by atoms with Gasteiger partial charge in [-0.15, -0.1) is 0 Å². The highest BCUT2D eigenvalue weighted by atomic mass is 19.1.